The Morgan fingerprint density at radius 1 is 1.47 bits per heavy atom. The van der Waals surface area contributed by atoms with Gasteiger partial charge in [0.15, 0.2) is 0 Å². The van der Waals surface area contributed by atoms with Gasteiger partial charge in [-0.1, -0.05) is 24.0 Å². The van der Waals surface area contributed by atoms with Gasteiger partial charge in [0.05, 0.1) is 0 Å². The molecule has 15 heavy (non-hydrogen) atoms. The summed E-state index contributed by atoms with van der Waals surface area (Å²) in [6.07, 6.45) is 0.523. The zero-order valence-corrected chi connectivity index (χ0v) is 10.6. The zero-order valence-electron chi connectivity index (χ0n) is 8.10. The van der Waals surface area contributed by atoms with Gasteiger partial charge in [0.2, 0.25) is 5.91 Å². The van der Waals surface area contributed by atoms with Gasteiger partial charge >= 0.3 is 0 Å². The molecule has 1 atom stereocenters. The van der Waals surface area contributed by atoms with E-state index in [1.165, 1.54) is 11.8 Å². The largest absolute Gasteiger partial charge is 0.299 e. The van der Waals surface area contributed by atoms with E-state index in [9.17, 15) is 9.59 Å². The van der Waals surface area contributed by atoms with Crippen molar-refractivity contribution in [3.05, 3.63) is 0 Å². The van der Waals surface area contributed by atoms with Gasteiger partial charge < -0.3 is 0 Å². The van der Waals surface area contributed by atoms with E-state index in [1.807, 2.05) is 0 Å². The summed E-state index contributed by atoms with van der Waals surface area (Å²) >= 11 is 8.27. The highest BCUT2D eigenvalue weighted by molar-refractivity contribution is 8.23. The van der Waals surface area contributed by atoms with E-state index in [0.29, 0.717) is 23.0 Å². The van der Waals surface area contributed by atoms with Crippen LogP contribution in [0.3, 0.4) is 0 Å². The van der Waals surface area contributed by atoms with Gasteiger partial charge in [-0.25, -0.2) is 0 Å². The van der Waals surface area contributed by atoms with E-state index in [2.05, 4.69) is 0 Å². The lowest BCUT2D eigenvalue weighted by atomic mass is 10.0. The van der Waals surface area contributed by atoms with Gasteiger partial charge in [-0.2, -0.15) is 11.8 Å². The van der Waals surface area contributed by atoms with Crippen molar-refractivity contribution in [3.8, 4) is 0 Å². The molecule has 0 aliphatic carbocycles. The Bertz CT molecular complexity index is 318. The Balaban J connectivity index is 2.06. The summed E-state index contributed by atoms with van der Waals surface area (Å²) in [6.45, 7) is 0.663. The number of carbonyl (C=O) groups is 2. The highest BCUT2D eigenvalue weighted by atomic mass is 32.2. The first kappa shape index (κ1) is 11.4. The predicted molar refractivity (Wildman–Crippen MR) is 67.2 cm³/mol. The molecule has 0 saturated carbocycles. The third kappa shape index (κ3) is 2.37. The highest BCUT2D eigenvalue weighted by Crippen LogP contribution is 2.25. The lowest BCUT2D eigenvalue weighted by molar-refractivity contribution is -0.137. The number of nitrogens with zero attached hydrogens (tertiary/aromatic N) is 1. The van der Waals surface area contributed by atoms with Crippen LogP contribution in [0.5, 0.6) is 0 Å². The van der Waals surface area contributed by atoms with Gasteiger partial charge in [0.1, 0.15) is 16.0 Å². The zero-order chi connectivity index (χ0) is 10.8. The van der Waals surface area contributed by atoms with Crippen molar-refractivity contribution < 1.29 is 9.59 Å². The third-order valence-corrected chi connectivity index (χ3v) is 4.98. The van der Waals surface area contributed by atoms with Crippen LogP contribution in [-0.4, -0.2) is 44.7 Å². The van der Waals surface area contributed by atoms with Gasteiger partial charge in [0.25, 0.3) is 0 Å². The number of carbonyl (C=O) groups excluding carboxylic acids is 2. The van der Waals surface area contributed by atoms with Crippen LogP contribution in [-0.2, 0) is 9.59 Å². The van der Waals surface area contributed by atoms with Gasteiger partial charge in [0, 0.05) is 30.2 Å². The van der Waals surface area contributed by atoms with Gasteiger partial charge in [-0.05, 0) is 0 Å². The number of thiocarbonyl (C=S) groups is 1. The standard InChI is InChI=1S/C9H11NO2S3/c11-7-1-3-14-5-6(7)8(12)10-2-4-15-9(10)13/h6H,1-5H2. The number of thioether (sulfide) groups is 2. The summed E-state index contributed by atoms with van der Waals surface area (Å²) < 4.78 is 0.628. The number of hydrogen-bond donors (Lipinski definition) is 0. The van der Waals surface area contributed by atoms with Crippen molar-refractivity contribution in [1.82, 2.24) is 4.90 Å². The summed E-state index contributed by atoms with van der Waals surface area (Å²) in [5.74, 6) is 1.89. The summed E-state index contributed by atoms with van der Waals surface area (Å²) in [6, 6.07) is 0. The van der Waals surface area contributed by atoms with Crippen molar-refractivity contribution >= 4 is 51.8 Å². The summed E-state index contributed by atoms with van der Waals surface area (Å²) in [5.41, 5.74) is 0. The average molecular weight is 261 g/mol. The number of amides is 1. The average Bonchev–Trinajstić information content (AvgIpc) is 2.64. The molecule has 0 spiro atoms. The van der Waals surface area contributed by atoms with Crippen LogP contribution in [0, 0.1) is 5.92 Å². The van der Waals surface area contributed by atoms with Crippen molar-refractivity contribution in [2.45, 2.75) is 6.42 Å². The number of rotatable bonds is 1. The molecule has 2 aliphatic rings. The van der Waals surface area contributed by atoms with Gasteiger partial charge in [-0.15, -0.1) is 0 Å². The molecule has 1 unspecified atom stereocenters. The lowest BCUT2D eigenvalue weighted by Crippen LogP contribution is -2.42. The smallest absolute Gasteiger partial charge is 0.239 e. The molecule has 0 aromatic rings. The maximum Gasteiger partial charge on any atom is 0.239 e. The Morgan fingerprint density at radius 3 is 2.87 bits per heavy atom. The van der Waals surface area contributed by atoms with E-state index < -0.39 is 5.92 Å². The van der Waals surface area contributed by atoms with Crippen LogP contribution in [0.25, 0.3) is 0 Å². The Labute approximate surface area is 102 Å². The van der Waals surface area contributed by atoms with Crippen LogP contribution in [0.1, 0.15) is 6.42 Å². The molecule has 3 nitrogen and oxygen atoms in total. The number of Topliss-reactive ketones (excluding diaryl/α,β-unsaturated/α-hetero) is 1. The summed E-state index contributed by atoms with van der Waals surface area (Å²) in [5, 5.41) is 0. The van der Waals surface area contributed by atoms with Crippen LogP contribution >= 0.6 is 35.7 Å². The minimum absolute atomic E-state index is 0.0813. The molecule has 2 rings (SSSR count). The Kier molecular flexibility index (Phi) is 3.69. The maximum absolute atomic E-state index is 12.0. The van der Waals surface area contributed by atoms with Gasteiger partial charge in [-0.3, -0.25) is 14.5 Å². The van der Waals surface area contributed by atoms with Crippen molar-refractivity contribution in [1.29, 1.82) is 0 Å². The molecule has 0 aromatic heterocycles. The minimum Gasteiger partial charge on any atom is -0.299 e. The molecule has 1 amide bonds. The first-order chi connectivity index (χ1) is 7.20. The first-order valence-corrected chi connectivity index (χ1v) is 7.33. The molecular weight excluding hydrogens is 250 g/mol. The molecule has 0 N–H and O–H groups in total. The number of ketones is 1. The topological polar surface area (TPSA) is 37.4 Å². The Morgan fingerprint density at radius 2 is 2.27 bits per heavy atom. The lowest BCUT2D eigenvalue weighted by Gasteiger charge is -2.24. The van der Waals surface area contributed by atoms with Crippen LogP contribution in [0.15, 0.2) is 0 Å². The van der Waals surface area contributed by atoms with E-state index in [0.717, 1.165) is 11.5 Å². The van der Waals surface area contributed by atoms with Crippen LogP contribution in [0.4, 0.5) is 0 Å². The van der Waals surface area contributed by atoms with E-state index in [1.54, 1.807) is 16.7 Å². The van der Waals surface area contributed by atoms with Crippen molar-refractivity contribution in [2.75, 3.05) is 23.8 Å². The quantitative estimate of drug-likeness (QED) is 0.523. The normalized spacial score (nSPS) is 27.2. The molecule has 2 saturated heterocycles. The minimum atomic E-state index is -0.444. The third-order valence-electron chi connectivity index (χ3n) is 2.49. The fourth-order valence-electron chi connectivity index (χ4n) is 1.63. The van der Waals surface area contributed by atoms with Crippen LogP contribution < -0.4 is 0 Å². The molecular formula is C9H11NO2S3. The fourth-order valence-corrected chi connectivity index (χ4v) is 3.93. The van der Waals surface area contributed by atoms with E-state index >= 15 is 0 Å². The molecule has 2 fully saturated rings. The predicted octanol–water partition coefficient (Wildman–Crippen LogP) is 1.17. The Hall–Kier alpha value is -0.0700. The number of hydrogen-bond acceptors (Lipinski definition) is 5. The fraction of sp³-hybridized carbons (Fsp3) is 0.667. The first-order valence-electron chi connectivity index (χ1n) is 4.79. The molecule has 2 heterocycles. The second-order valence-corrected chi connectivity index (χ2v) is 6.33. The monoisotopic (exact) mass is 261 g/mol. The van der Waals surface area contributed by atoms with E-state index in [-0.39, 0.29) is 11.7 Å². The van der Waals surface area contributed by atoms with Crippen molar-refractivity contribution in [3.63, 3.8) is 0 Å². The van der Waals surface area contributed by atoms with Crippen LogP contribution in [0.2, 0.25) is 0 Å². The summed E-state index contributed by atoms with van der Waals surface area (Å²) in [7, 11) is 0. The summed E-state index contributed by atoms with van der Waals surface area (Å²) in [4.78, 5) is 25.2. The molecule has 2 aliphatic heterocycles. The maximum atomic E-state index is 12.0. The molecule has 6 heteroatoms. The molecule has 0 aromatic carbocycles. The van der Waals surface area contributed by atoms with E-state index in [4.69, 9.17) is 12.2 Å². The molecule has 0 radical (unpaired) electrons. The highest BCUT2D eigenvalue weighted by Gasteiger charge is 2.35. The molecule has 0 bridgehead atoms. The second kappa shape index (κ2) is 4.84. The SMILES string of the molecule is O=C1CCSCC1C(=O)N1CCSC1=S. The second-order valence-electron chi connectivity index (χ2n) is 3.45. The molecule has 82 valence electrons. The van der Waals surface area contributed by atoms with Crippen molar-refractivity contribution in [2.24, 2.45) is 5.92 Å².